The molecule has 0 aromatic heterocycles. The van der Waals surface area contributed by atoms with Gasteiger partial charge in [-0.3, -0.25) is 19.7 Å². The smallest absolute Gasteiger partial charge is 0.295 e. The van der Waals surface area contributed by atoms with Gasteiger partial charge in [-0.1, -0.05) is 50.1 Å². The van der Waals surface area contributed by atoms with E-state index in [1.165, 1.54) is 29.2 Å². The first-order valence-electron chi connectivity index (χ1n) is 9.54. The zero-order valence-corrected chi connectivity index (χ0v) is 16.1. The summed E-state index contributed by atoms with van der Waals surface area (Å²) in [5.41, 5.74) is 0.863. The fourth-order valence-corrected chi connectivity index (χ4v) is 3.52. The monoisotopic (exact) mass is 394 g/mol. The van der Waals surface area contributed by atoms with E-state index in [4.69, 9.17) is 0 Å². The van der Waals surface area contributed by atoms with Crippen LogP contribution in [0.3, 0.4) is 0 Å². The minimum Gasteiger partial charge on any atom is -0.507 e. The van der Waals surface area contributed by atoms with Crippen LogP contribution in [0.1, 0.15) is 43.4 Å². The summed E-state index contributed by atoms with van der Waals surface area (Å²) in [7, 11) is 0. The highest BCUT2D eigenvalue weighted by Crippen LogP contribution is 2.39. The van der Waals surface area contributed by atoms with Crippen molar-refractivity contribution in [2.75, 3.05) is 6.54 Å². The number of aliphatic hydroxyl groups is 1. The Hall–Kier alpha value is -3.48. The van der Waals surface area contributed by atoms with Crippen molar-refractivity contribution in [3.05, 3.63) is 81.4 Å². The first kappa shape index (κ1) is 20.3. The normalized spacial score (nSPS) is 18.2. The van der Waals surface area contributed by atoms with Gasteiger partial charge in [0.15, 0.2) is 0 Å². The van der Waals surface area contributed by atoms with Crippen molar-refractivity contribution in [1.82, 2.24) is 4.90 Å². The summed E-state index contributed by atoms with van der Waals surface area (Å²) in [5.74, 6) is -1.71. The molecule has 29 heavy (non-hydrogen) atoms. The number of carbonyl (C=O) groups is 2. The van der Waals surface area contributed by atoms with E-state index in [1.807, 2.05) is 30.3 Å². The van der Waals surface area contributed by atoms with Gasteiger partial charge in [0.2, 0.25) is 0 Å². The fourth-order valence-electron chi connectivity index (χ4n) is 3.52. The van der Waals surface area contributed by atoms with E-state index in [9.17, 15) is 24.8 Å². The number of unbranched alkanes of at least 4 members (excludes halogenated alkanes) is 2. The van der Waals surface area contributed by atoms with Gasteiger partial charge in [-0.05, 0) is 24.1 Å². The molecule has 1 fully saturated rings. The number of amides is 1. The SMILES string of the molecule is CCCCCN1C(=O)C(=O)/C(=C(\O)c2ccc([N+](=O)[O-])cc2)C1c1ccccc1. The average molecular weight is 394 g/mol. The van der Waals surface area contributed by atoms with Gasteiger partial charge >= 0.3 is 0 Å². The van der Waals surface area contributed by atoms with Crippen molar-refractivity contribution in [2.24, 2.45) is 0 Å². The van der Waals surface area contributed by atoms with Gasteiger partial charge in [0.05, 0.1) is 16.5 Å². The van der Waals surface area contributed by atoms with E-state index in [-0.39, 0.29) is 22.6 Å². The Morgan fingerprint density at radius 2 is 1.72 bits per heavy atom. The number of nitro groups is 1. The number of likely N-dealkylation sites (tertiary alicyclic amines) is 1. The first-order valence-corrected chi connectivity index (χ1v) is 9.54. The van der Waals surface area contributed by atoms with Crippen molar-refractivity contribution in [3.8, 4) is 0 Å². The van der Waals surface area contributed by atoms with Gasteiger partial charge in [-0.2, -0.15) is 0 Å². The summed E-state index contributed by atoms with van der Waals surface area (Å²) in [6.07, 6.45) is 2.65. The topological polar surface area (TPSA) is 101 Å². The molecule has 1 atom stereocenters. The van der Waals surface area contributed by atoms with Crippen molar-refractivity contribution in [3.63, 3.8) is 0 Å². The van der Waals surface area contributed by atoms with E-state index in [2.05, 4.69) is 6.92 Å². The van der Waals surface area contributed by atoms with Crippen LogP contribution >= 0.6 is 0 Å². The molecule has 2 aromatic carbocycles. The number of hydrogen-bond acceptors (Lipinski definition) is 5. The molecule has 3 rings (SSSR count). The average Bonchev–Trinajstić information content (AvgIpc) is 2.99. The molecule has 0 bridgehead atoms. The molecule has 1 saturated heterocycles. The second-order valence-corrected chi connectivity index (χ2v) is 6.91. The maximum atomic E-state index is 12.8. The third kappa shape index (κ3) is 4.03. The highest BCUT2D eigenvalue weighted by atomic mass is 16.6. The predicted octanol–water partition coefficient (Wildman–Crippen LogP) is 4.21. The Morgan fingerprint density at radius 3 is 2.31 bits per heavy atom. The van der Waals surface area contributed by atoms with E-state index in [1.54, 1.807) is 0 Å². The maximum Gasteiger partial charge on any atom is 0.295 e. The lowest BCUT2D eigenvalue weighted by molar-refractivity contribution is -0.384. The van der Waals surface area contributed by atoms with Crippen LogP contribution in [0, 0.1) is 10.1 Å². The minimum absolute atomic E-state index is 0.00607. The largest absolute Gasteiger partial charge is 0.507 e. The van der Waals surface area contributed by atoms with E-state index < -0.39 is 22.7 Å². The molecule has 0 saturated carbocycles. The summed E-state index contributed by atoms with van der Waals surface area (Å²) < 4.78 is 0. The van der Waals surface area contributed by atoms with Crippen LogP contribution in [-0.2, 0) is 9.59 Å². The molecule has 1 aliphatic heterocycles. The summed E-state index contributed by atoms with van der Waals surface area (Å²) in [4.78, 5) is 37.3. The Balaban J connectivity index is 2.08. The lowest BCUT2D eigenvalue weighted by atomic mass is 9.95. The quantitative estimate of drug-likeness (QED) is 0.189. The van der Waals surface area contributed by atoms with Crippen LogP contribution in [0.5, 0.6) is 0 Å². The van der Waals surface area contributed by atoms with Gasteiger partial charge < -0.3 is 10.0 Å². The number of benzene rings is 2. The second-order valence-electron chi connectivity index (χ2n) is 6.91. The van der Waals surface area contributed by atoms with Gasteiger partial charge in [-0.25, -0.2) is 0 Å². The highest BCUT2D eigenvalue weighted by molar-refractivity contribution is 6.46. The lowest BCUT2D eigenvalue weighted by Gasteiger charge is -2.25. The molecule has 2 aromatic rings. The molecule has 0 aliphatic carbocycles. The molecule has 1 heterocycles. The van der Waals surface area contributed by atoms with Gasteiger partial charge in [0.1, 0.15) is 5.76 Å². The third-order valence-corrected chi connectivity index (χ3v) is 5.01. The zero-order valence-electron chi connectivity index (χ0n) is 16.1. The predicted molar refractivity (Wildman–Crippen MR) is 108 cm³/mol. The molecular formula is C22H22N2O5. The number of rotatable bonds is 7. The molecular weight excluding hydrogens is 372 g/mol. The molecule has 1 N–H and O–H groups in total. The Morgan fingerprint density at radius 1 is 1.07 bits per heavy atom. The van der Waals surface area contributed by atoms with E-state index in [0.717, 1.165) is 24.8 Å². The van der Waals surface area contributed by atoms with Crippen LogP contribution < -0.4 is 0 Å². The Labute approximate surface area is 168 Å². The van der Waals surface area contributed by atoms with Crippen molar-refractivity contribution >= 4 is 23.1 Å². The van der Waals surface area contributed by atoms with Crippen LogP contribution in [0.25, 0.3) is 5.76 Å². The molecule has 1 unspecified atom stereocenters. The van der Waals surface area contributed by atoms with Crippen molar-refractivity contribution in [2.45, 2.75) is 32.2 Å². The Kier molecular flexibility index (Phi) is 6.07. The fraction of sp³-hybridized carbons (Fsp3) is 0.273. The molecule has 0 spiro atoms. The van der Waals surface area contributed by atoms with Crippen LogP contribution in [0.15, 0.2) is 60.2 Å². The first-order chi connectivity index (χ1) is 14.0. The number of nitrogens with zero attached hydrogens (tertiary/aromatic N) is 2. The second kappa shape index (κ2) is 8.68. The molecule has 1 aliphatic rings. The zero-order chi connectivity index (χ0) is 21.0. The Bertz CT molecular complexity index is 951. The van der Waals surface area contributed by atoms with Crippen LogP contribution in [0.2, 0.25) is 0 Å². The summed E-state index contributed by atoms with van der Waals surface area (Å²) in [5, 5.41) is 21.7. The number of non-ortho nitro benzene ring substituents is 1. The highest BCUT2D eigenvalue weighted by Gasteiger charge is 2.45. The minimum atomic E-state index is -0.744. The van der Waals surface area contributed by atoms with Crippen molar-refractivity contribution < 1.29 is 19.6 Å². The number of nitro benzene ring substituents is 1. The summed E-state index contributed by atoms with van der Waals surface area (Å²) >= 11 is 0. The summed E-state index contributed by atoms with van der Waals surface area (Å²) in [6.45, 7) is 2.46. The lowest BCUT2D eigenvalue weighted by Crippen LogP contribution is -2.30. The number of carbonyl (C=O) groups excluding carboxylic acids is 2. The molecule has 0 radical (unpaired) electrons. The number of ketones is 1. The van der Waals surface area contributed by atoms with Crippen LogP contribution in [0.4, 0.5) is 5.69 Å². The maximum absolute atomic E-state index is 12.8. The van der Waals surface area contributed by atoms with E-state index >= 15 is 0 Å². The van der Waals surface area contributed by atoms with Gasteiger partial charge in [0, 0.05) is 24.2 Å². The number of hydrogen-bond donors (Lipinski definition) is 1. The van der Waals surface area contributed by atoms with Crippen LogP contribution in [-0.4, -0.2) is 33.2 Å². The van der Waals surface area contributed by atoms with Crippen molar-refractivity contribution in [1.29, 1.82) is 0 Å². The summed E-state index contributed by atoms with van der Waals surface area (Å²) in [6, 6.07) is 13.7. The third-order valence-electron chi connectivity index (χ3n) is 5.01. The standard InChI is InChI=1S/C22H22N2O5/c1-2-3-7-14-23-19(15-8-5-4-6-9-15)18(21(26)22(23)27)20(25)16-10-12-17(13-11-16)24(28)29/h4-6,8-13,19,25H,2-3,7,14H2,1H3/b20-18-. The van der Waals surface area contributed by atoms with E-state index in [0.29, 0.717) is 6.54 Å². The molecule has 7 nitrogen and oxygen atoms in total. The molecule has 150 valence electrons. The molecule has 1 amide bonds. The molecule has 7 heteroatoms. The number of aliphatic hydroxyl groups excluding tert-OH is 1. The van der Waals surface area contributed by atoms with Gasteiger partial charge in [-0.15, -0.1) is 0 Å². The van der Waals surface area contributed by atoms with Gasteiger partial charge in [0.25, 0.3) is 17.4 Å². The number of Topliss-reactive ketones (excluding diaryl/α,β-unsaturated/α-hetero) is 1.